The van der Waals surface area contributed by atoms with Gasteiger partial charge in [0.1, 0.15) is 0 Å². The Kier molecular flexibility index (Phi) is 9.71. The molecule has 0 unspecified atom stereocenters. The quantitative estimate of drug-likeness (QED) is 0.798. The third-order valence-corrected chi connectivity index (χ3v) is 4.49. The fraction of sp³-hybridized carbons (Fsp3) is 0.941. The monoisotopic (exact) mass is 328 g/mol. The van der Waals surface area contributed by atoms with E-state index in [1.54, 1.807) is 0 Å². The van der Waals surface area contributed by atoms with Crippen molar-refractivity contribution in [1.82, 2.24) is 19.6 Å². The summed E-state index contributed by atoms with van der Waals surface area (Å²) in [6, 6.07) is 0. The van der Waals surface area contributed by atoms with Gasteiger partial charge in [0.2, 0.25) is 0 Å². The topological polar surface area (TPSA) is 50.3 Å². The number of rotatable bonds is 5. The lowest BCUT2D eigenvalue weighted by Gasteiger charge is -2.33. The lowest BCUT2D eigenvalue weighted by molar-refractivity contribution is -0.138. The van der Waals surface area contributed by atoms with Crippen LogP contribution in [0.3, 0.4) is 0 Å². The maximum atomic E-state index is 11.0. The number of aliphatic carboxylic acids is 1. The molecule has 0 bridgehead atoms. The first kappa shape index (κ1) is 20.4. The number of carboxylic acids is 1. The Morgan fingerprint density at radius 2 is 1.39 bits per heavy atom. The molecular formula is C17H36N4O2. The molecule has 0 aliphatic carbocycles. The maximum absolute atomic E-state index is 11.0. The number of hydrogen-bond acceptors (Lipinski definition) is 5. The van der Waals surface area contributed by atoms with E-state index in [1.165, 1.54) is 0 Å². The molecule has 23 heavy (non-hydrogen) atoms. The summed E-state index contributed by atoms with van der Waals surface area (Å²) in [6.07, 6.45) is 0. The molecule has 1 fully saturated rings. The summed E-state index contributed by atoms with van der Waals surface area (Å²) in [5, 5.41) is 9.09. The van der Waals surface area contributed by atoms with Gasteiger partial charge >= 0.3 is 5.97 Å². The molecule has 0 aromatic rings. The van der Waals surface area contributed by atoms with Crippen molar-refractivity contribution >= 4 is 5.97 Å². The van der Waals surface area contributed by atoms with Crippen molar-refractivity contribution in [2.75, 3.05) is 79.0 Å². The molecule has 6 nitrogen and oxygen atoms in total. The van der Waals surface area contributed by atoms with Gasteiger partial charge in [-0.25, -0.2) is 0 Å². The van der Waals surface area contributed by atoms with Crippen molar-refractivity contribution < 1.29 is 9.90 Å². The van der Waals surface area contributed by atoms with Gasteiger partial charge in [-0.05, 0) is 19.5 Å². The fourth-order valence-corrected chi connectivity index (χ4v) is 3.00. The molecule has 1 N–H and O–H groups in total. The smallest absolute Gasteiger partial charge is 0.317 e. The molecule has 6 heteroatoms. The normalized spacial score (nSPS) is 22.0. The highest BCUT2D eigenvalue weighted by atomic mass is 16.4. The van der Waals surface area contributed by atoms with Gasteiger partial charge in [0.05, 0.1) is 6.54 Å². The summed E-state index contributed by atoms with van der Waals surface area (Å²) in [7, 11) is 2.14. The van der Waals surface area contributed by atoms with Gasteiger partial charge in [-0.3, -0.25) is 9.69 Å². The summed E-state index contributed by atoms with van der Waals surface area (Å²) in [4.78, 5) is 20.4. The van der Waals surface area contributed by atoms with E-state index < -0.39 is 5.97 Å². The van der Waals surface area contributed by atoms with Crippen LogP contribution >= 0.6 is 0 Å². The minimum Gasteiger partial charge on any atom is -0.480 e. The van der Waals surface area contributed by atoms with E-state index in [2.05, 4.69) is 47.4 Å². The van der Waals surface area contributed by atoms with Crippen molar-refractivity contribution in [2.24, 2.45) is 5.92 Å². The van der Waals surface area contributed by atoms with E-state index in [1.807, 2.05) is 0 Å². The van der Waals surface area contributed by atoms with Gasteiger partial charge in [0, 0.05) is 58.9 Å². The maximum Gasteiger partial charge on any atom is 0.317 e. The Balaban J connectivity index is 2.64. The van der Waals surface area contributed by atoms with E-state index in [9.17, 15) is 4.79 Å². The van der Waals surface area contributed by atoms with Crippen molar-refractivity contribution in [3.63, 3.8) is 0 Å². The fourth-order valence-electron chi connectivity index (χ4n) is 3.00. The molecule has 0 aromatic carbocycles. The SMILES string of the molecule is CCN1CCN(CC(=O)O)CCN(C)CCN(CC(C)C)CC1. The Morgan fingerprint density at radius 1 is 0.913 bits per heavy atom. The van der Waals surface area contributed by atoms with Gasteiger partial charge in [-0.2, -0.15) is 0 Å². The third kappa shape index (κ3) is 9.25. The molecule has 136 valence electrons. The van der Waals surface area contributed by atoms with Crippen LogP contribution in [-0.2, 0) is 4.79 Å². The van der Waals surface area contributed by atoms with E-state index in [0.717, 1.165) is 65.4 Å². The van der Waals surface area contributed by atoms with Gasteiger partial charge in [0.15, 0.2) is 0 Å². The zero-order valence-corrected chi connectivity index (χ0v) is 15.5. The zero-order valence-electron chi connectivity index (χ0n) is 15.5. The van der Waals surface area contributed by atoms with Crippen molar-refractivity contribution in [3.8, 4) is 0 Å². The molecular weight excluding hydrogens is 292 g/mol. The minimum absolute atomic E-state index is 0.144. The molecule has 0 amide bonds. The molecule has 1 aliphatic heterocycles. The van der Waals surface area contributed by atoms with E-state index in [-0.39, 0.29) is 6.54 Å². The third-order valence-electron chi connectivity index (χ3n) is 4.49. The first-order chi connectivity index (χ1) is 10.9. The summed E-state index contributed by atoms with van der Waals surface area (Å²) in [5.74, 6) is -0.0414. The zero-order chi connectivity index (χ0) is 17.2. The van der Waals surface area contributed by atoms with Crippen LogP contribution in [0.4, 0.5) is 0 Å². The minimum atomic E-state index is -0.731. The highest BCUT2D eigenvalue weighted by Gasteiger charge is 2.16. The van der Waals surface area contributed by atoms with Crippen LogP contribution in [-0.4, -0.2) is 110 Å². The Morgan fingerprint density at radius 3 is 1.91 bits per heavy atom. The van der Waals surface area contributed by atoms with Crippen LogP contribution in [0.1, 0.15) is 20.8 Å². The van der Waals surface area contributed by atoms with E-state index in [4.69, 9.17) is 5.11 Å². The van der Waals surface area contributed by atoms with Gasteiger partial charge in [-0.1, -0.05) is 20.8 Å². The largest absolute Gasteiger partial charge is 0.480 e. The average Bonchev–Trinajstić information content (AvgIpc) is 2.47. The van der Waals surface area contributed by atoms with Gasteiger partial charge in [-0.15, -0.1) is 0 Å². The highest BCUT2D eigenvalue weighted by Crippen LogP contribution is 2.02. The van der Waals surface area contributed by atoms with E-state index in [0.29, 0.717) is 5.92 Å². The predicted octanol–water partition coefficient (Wildman–Crippen LogP) is 0.598. The Bertz CT molecular complexity index is 339. The van der Waals surface area contributed by atoms with Crippen LogP contribution in [0.25, 0.3) is 0 Å². The lowest BCUT2D eigenvalue weighted by atomic mass is 10.2. The van der Waals surface area contributed by atoms with Gasteiger partial charge < -0.3 is 19.8 Å². The number of nitrogens with zero attached hydrogens (tertiary/aromatic N) is 4. The molecule has 1 rings (SSSR count). The summed E-state index contributed by atoms with van der Waals surface area (Å²) in [6.45, 7) is 16.9. The van der Waals surface area contributed by atoms with Gasteiger partial charge in [0.25, 0.3) is 0 Å². The first-order valence-corrected chi connectivity index (χ1v) is 8.98. The van der Waals surface area contributed by atoms with Crippen LogP contribution < -0.4 is 0 Å². The molecule has 1 heterocycles. The molecule has 1 aliphatic rings. The second-order valence-electron chi connectivity index (χ2n) is 7.10. The van der Waals surface area contributed by atoms with Crippen LogP contribution in [0.5, 0.6) is 0 Å². The van der Waals surface area contributed by atoms with Crippen LogP contribution in [0.2, 0.25) is 0 Å². The molecule has 0 spiro atoms. The second-order valence-corrected chi connectivity index (χ2v) is 7.10. The molecule has 0 radical (unpaired) electrons. The predicted molar refractivity (Wildman–Crippen MR) is 95.0 cm³/mol. The van der Waals surface area contributed by atoms with Crippen molar-refractivity contribution in [1.29, 1.82) is 0 Å². The number of hydrogen-bond donors (Lipinski definition) is 1. The number of carbonyl (C=O) groups is 1. The summed E-state index contributed by atoms with van der Waals surface area (Å²) in [5.41, 5.74) is 0. The average molecular weight is 329 g/mol. The molecule has 0 aromatic heterocycles. The second kappa shape index (κ2) is 11.0. The molecule has 1 saturated heterocycles. The number of carboxylic acid groups (broad SMARTS) is 1. The molecule has 0 atom stereocenters. The van der Waals surface area contributed by atoms with Crippen molar-refractivity contribution in [3.05, 3.63) is 0 Å². The molecule has 0 saturated carbocycles. The lowest BCUT2D eigenvalue weighted by Crippen LogP contribution is -2.46. The first-order valence-electron chi connectivity index (χ1n) is 8.98. The highest BCUT2D eigenvalue weighted by molar-refractivity contribution is 5.69. The Hall–Kier alpha value is -0.690. The van der Waals surface area contributed by atoms with Crippen molar-refractivity contribution in [2.45, 2.75) is 20.8 Å². The van der Waals surface area contributed by atoms with Crippen LogP contribution in [0.15, 0.2) is 0 Å². The summed E-state index contributed by atoms with van der Waals surface area (Å²) < 4.78 is 0. The standard InChI is InChI=1S/C17H36N4O2/c1-5-19-10-12-20(14-16(2)3)8-6-18(4)7-9-21(13-11-19)15-17(22)23/h16H,5-15H2,1-4H3,(H,22,23). The summed E-state index contributed by atoms with van der Waals surface area (Å²) >= 11 is 0. The van der Waals surface area contributed by atoms with Crippen LogP contribution in [0, 0.1) is 5.92 Å². The number of likely N-dealkylation sites (N-methyl/N-ethyl adjacent to an activating group) is 2. The Labute approximate surface area is 142 Å². The van der Waals surface area contributed by atoms with E-state index >= 15 is 0 Å².